The van der Waals surface area contributed by atoms with Crippen LogP contribution in [-0.4, -0.2) is 40.5 Å². The van der Waals surface area contributed by atoms with Crippen LogP contribution in [0.4, 0.5) is 4.79 Å². The first-order chi connectivity index (χ1) is 9.49. The van der Waals surface area contributed by atoms with Crippen molar-refractivity contribution in [2.75, 3.05) is 6.54 Å². The largest absolute Gasteiger partial charge is 0.475 e. The van der Waals surface area contributed by atoms with E-state index in [1.165, 1.54) is 17.0 Å². The molecule has 3 amide bonds. The van der Waals surface area contributed by atoms with E-state index in [9.17, 15) is 14.4 Å². The van der Waals surface area contributed by atoms with Crippen LogP contribution < -0.4 is 11.1 Å². The highest BCUT2D eigenvalue weighted by Gasteiger charge is 2.32. The first-order valence-corrected chi connectivity index (χ1v) is 6.15. The van der Waals surface area contributed by atoms with Gasteiger partial charge in [-0.1, -0.05) is 0 Å². The maximum absolute atomic E-state index is 11.9. The van der Waals surface area contributed by atoms with Crippen molar-refractivity contribution in [2.24, 2.45) is 5.73 Å². The van der Waals surface area contributed by atoms with E-state index >= 15 is 0 Å². The molecule has 8 heteroatoms. The number of carbonyl (C=O) groups is 3. The lowest BCUT2D eigenvalue weighted by atomic mass is 10.2. The SMILES string of the molecule is NC(=O)C1CCCN1C(=O)NCc1ccc(C(=O)O)o1. The van der Waals surface area contributed by atoms with Gasteiger partial charge in [-0.05, 0) is 25.0 Å². The number of carboxylic acids is 1. The third-order valence-corrected chi connectivity index (χ3v) is 3.13. The van der Waals surface area contributed by atoms with Gasteiger partial charge in [-0.15, -0.1) is 0 Å². The van der Waals surface area contributed by atoms with Crippen molar-refractivity contribution in [3.05, 3.63) is 23.7 Å². The van der Waals surface area contributed by atoms with E-state index in [4.69, 9.17) is 15.3 Å². The Morgan fingerprint density at radius 2 is 2.20 bits per heavy atom. The van der Waals surface area contributed by atoms with Crippen LogP contribution in [0, 0.1) is 0 Å². The number of urea groups is 1. The molecule has 20 heavy (non-hydrogen) atoms. The standard InChI is InChI=1S/C12H15N3O5/c13-10(16)8-2-1-5-15(8)12(19)14-6-7-3-4-9(20-7)11(17)18/h3-4,8H,1-2,5-6H2,(H2,13,16)(H,14,19)(H,17,18). The maximum atomic E-state index is 11.9. The van der Waals surface area contributed by atoms with E-state index in [1.54, 1.807) is 0 Å². The predicted molar refractivity (Wildman–Crippen MR) is 66.8 cm³/mol. The molecule has 0 saturated carbocycles. The van der Waals surface area contributed by atoms with Gasteiger partial charge in [0, 0.05) is 6.54 Å². The number of hydrogen-bond acceptors (Lipinski definition) is 4. The van der Waals surface area contributed by atoms with E-state index in [0.29, 0.717) is 18.7 Å². The van der Waals surface area contributed by atoms with Crippen molar-refractivity contribution >= 4 is 17.9 Å². The number of nitrogens with one attached hydrogen (secondary N) is 1. The number of amides is 3. The molecule has 0 aliphatic carbocycles. The summed E-state index contributed by atoms with van der Waals surface area (Å²) in [5, 5.41) is 11.3. The molecular formula is C12H15N3O5. The highest BCUT2D eigenvalue weighted by atomic mass is 16.4. The number of carbonyl (C=O) groups excluding carboxylic acids is 2. The smallest absolute Gasteiger partial charge is 0.371 e. The number of aromatic carboxylic acids is 1. The van der Waals surface area contributed by atoms with E-state index < -0.39 is 23.9 Å². The molecule has 0 aromatic carbocycles. The van der Waals surface area contributed by atoms with Crippen molar-refractivity contribution in [1.29, 1.82) is 0 Å². The van der Waals surface area contributed by atoms with Gasteiger partial charge in [-0.3, -0.25) is 4.79 Å². The number of nitrogens with two attached hydrogens (primary N) is 1. The molecule has 1 aliphatic heterocycles. The summed E-state index contributed by atoms with van der Waals surface area (Å²) in [7, 11) is 0. The van der Waals surface area contributed by atoms with Gasteiger partial charge in [0.2, 0.25) is 11.7 Å². The van der Waals surface area contributed by atoms with Gasteiger partial charge >= 0.3 is 12.0 Å². The lowest BCUT2D eigenvalue weighted by Crippen LogP contribution is -2.47. The second-order valence-electron chi connectivity index (χ2n) is 4.48. The van der Waals surface area contributed by atoms with Gasteiger partial charge in [-0.2, -0.15) is 0 Å². The fraction of sp³-hybridized carbons (Fsp3) is 0.417. The molecule has 1 aromatic heterocycles. The van der Waals surface area contributed by atoms with Crippen LogP contribution in [0.15, 0.2) is 16.5 Å². The number of primary amides is 1. The van der Waals surface area contributed by atoms with Crippen LogP contribution >= 0.6 is 0 Å². The fourth-order valence-corrected chi connectivity index (χ4v) is 2.16. The number of likely N-dealkylation sites (tertiary alicyclic amines) is 1. The zero-order valence-electron chi connectivity index (χ0n) is 10.7. The monoisotopic (exact) mass is 281 g/mol. The van der Waals surface area contributed by atoms with Crippen LogP contribution in [0.1, 0.15) is 29.2 Å². The number of nitrogens with zero attached hydrogens (tertiary/aromatic N) is 1. The summed E-state index contributed by atoms with van der Waals surface area (Å²) >= 11 is 0. The Bertz CT molecular complexity index is 539. The van der Waals surface area contributed by atoms with E-state index in [-0.39, 0.29) is 12.3 Å². The van der Waals surface area contributed by atoms with Crippen LogP contribution in [0.2, 0.25) is 0 Å². The van der Waals surface area contributed by atoms with Crippen LogP contribution in [-0.2, 0) is 11.3 Å². The summed E-state index contributed by atoms with van der Waals surface area (Å²) in [4.78, 5) is 35.1. The molecule has 8 nitrogen and oxygen atoms in total. The minimum Gasteiger partial charge on any atom is -0.475 e. The topological polar surface area (TPSA) is 126 Å². The average molecular weight is 281 g/mol. The second kappa shape index (κ2) is 5.64. The number of furan rings is 1. The van der Waals surface area contributed by atoms with E-state index in [0.717, 1.165) is 6.42 Å². The average Bonchev–Trinajstić information content (AvgIpc) is 3.04. The summed E-state index contributed by atoms with van der Waals surface area (Å²) in [6.45, 7) is 0.520. The van der Waals surface area contributed by atoms with Crippen molar-refractivity contribution < 1.29 is 23.9 Å². The number of carboxylic acid groups (broad SMARTS) is 1. The van der Waals surface area contributed by atoms with E-state index in [2.05, 4.69) is 5.32 Å². The molecule has 1 aromatic rings. The predicted octanol–water partition coefficient (Wildman–Crippen LogP) is 0.137. The molecule has 1 atom stereocenters. The Hall–Kier alpha value is -2.51. The van der Waals surface area contributed by atoms with Crippen LogP contribution in [0.3, 0.4) is 0 Å². The Labute approximate surface area is 114 Å². The number of rotatable bonds is 4. The summed E-state index contributed by atoms with van der Waals surface area (Å²) < 4.78 is 5.01. The maximum Gasteiger partial charge on any atom is 0.371 e. The summed E-state index contributed by atoms with van der Waals surface area (Å²) in [5.41, 5.74) is 5.23. The van der Waals surface area contributed by atoms with Gasteiger partial charge in [0.25, 0.3) is 0 Å². The third kappa shape index (κ3) is 2.90. The number of hydrogen-bond donors (Lipinski definition) is 3. The van der Waals surface area contributed by atoms with Gasteiger partial charge in [0.1, 0.15) is 11.8 Å². The van der Waals surface area contributed by atoms with Crippen LogP contribution in [0.5, 0.6) is 0 Å². The van der Waals surface area contributed by atoms with Crippen molar-refractivity contribution in [3.63, 3.8) is 0 Å². The molecule has 0 spiro atoms. The van der Waals surface area contributed by atoms with Crippen molar-refractivity contribution in [3.8, 4) is 0 Å². The summed E-state index contributed by atoms with van der Waals surface area (Å²) in [6.07, 6.45) is 1.29. The van der Waals surface area contributed by atoms with Gasteiger partial charge < -0.3 is 25.5 Å². The molecule has 1 unspecified atom stereocenters. The molecule has 0 bridgehead atoms. The Morgan fingerprint density at radius 3 is 2.80 bits per heavy atom. The summed E-state index contributed by atoms with van der Waals surface area (Å²) in [5.74, 6) is -1.56. The molecule has 1 aliphatic rings. The third-order valence-electron chi connectivity index (χ3n) is 3.13. The quantitative estimate of drug-likeness (QED) is 0.723. The molecule has 0 radical (unpaired) electrons. The van der Waals surface area contributed by atoms with Crippen molar-refractivity contribution in [1.82, 2.24) is 10.2 Å². The normalized spacial score (nSPS) is 18.0. The van der Waals surface area contributed by atoms with Crippen LogP contribution in [0.25, 0.3) is 0 Å². The zero-order valence-corrected chi connectivity index (χ0v) is 10.7. The first kappa shape index (κ1) is 13.9. The Kier molecular flexibility index (Phi) is 3.92. The van der Waals surface area contributed by atoms with Crippen molar-refractivity contribution in [2.45, 2.75) is 25.4 Å². The molecule has 4 N–H and O–H groups in total. The first-order valence-electron chi connectivity index (χ1n) is 6.15. The molecule has 2 heterocycles. The molecule has 108 valence electrons. The second-order valence-corrected chi connectivity index (χ2v) is 4.48. The molecule has 1 fully saturated rings. The minimum absolute atomic E-state index is 0.0497. The van der Waals surface area contributed by atoms with Gasteiger partial charge in [0.15, 0.2) is 0 Å². The lowest BCUT2D eigenvalue weighted by molar-refractivity contribution is -0.121. The fourth-order valence-electron chi connectivity index (χ4n) is 2.16. The van der Waals surface area contributed by atoms with E-state index in [1.807, 2.05) is 0 Å². The highest BCUT2D eigenvalue weighted by molar-refractivity contribution is 5.86. The highest BCUT2D eigenvalue weighted by Crippen LogP contribution is 2.17. The molecular weight excluding hydrogens is 266 g/mol. The van der Waals surface area contributed by atoms with Gasteiger partial charge in [-0.25, -0.2) is 9.59 Å². The zero-order chi connectivity index (χ0) is 14.7. The lowest BCUT2D eigenvalue weighted by Gasteiger charge is -2.22. The van der Waals surface area contributed by atoms with Gasteiger partial charge in [0.05, 0.1) is 6.54 Å². The molecule has 1 saturated heterocycles. The minimum atomic E-state index is -1.17. The molecule has 2 rings (SSSR count). The summed E-state index contributed by atoms with van der Waals surface area (Å²) in [6, 6.07) is 1.78. The Morgan fingerprint density at radius 1 is 1.45 bits per heavy atom. The Balaban J connectivity index is 1.91.